The van der Waals surface area contributed by atoms with Crippen molar-refractivity contribution in [3.63, 3.8) is 0 Å². The highest BCUT2D eigenvalue weighted by Crippen LogP contribution is 2.25. The van der Waals surface area contributed by atoms with Crippen LogP contribution in [0, 0.1) is 6.92 Å². The topological polar surface area (TPSA) is 50.4 Å². The second-order valence-electron chi connectivity index (χ2n) is 4.74. The summed E-state index contributed by atoms with van der Waals surface area (Å²) in [5, 5.41) is 6.19. The highest BCUT2D eigenvalue weighted by atomic mass is 79.9. The second kappa shape index (κ2) is 8.29. The molecule has 23 heavy (non-hydrogen) atoms. The predicted molar refractivity (Wildman–Crippen MR) is 100 cm³/mol. The van der Waals surface area contributed by atoms with Gasteiger partial charge in [0.05, 0.1) is 4.47 Å². The third-order valence-corrected chi connectivity index (χ3v) is 3.84. The van der Waals surface area contributed by atoms with Crippen molar-refractivity contribution in [2.45, 2.75) is 6.92 Å². The number of carbonyl (C=O) groups is 1. The molecular weight excluding hydrogens is 400 g/mol. The van der Waals surface area contributed by atoms with Crippen LogP contribution in [-0.2, 0) is 4.79 Å². The lowest BCUT2D eigenvalue weighted by Crippen LogP contribution is -2.37. The van der Waals surface area contributed by atoms with Crippen LogP contribution in [0.3, 0.4) is 0 Å². The first-order valence-electron chi connectivity index (χ1n) is 6.69. The number of aryl methyl sites for hydroxylation is 1. The zero-order valence-electron chi connectivity index (χ0n) is 12.2. The molecule has 0 aliphatic carbocycles. The Morgan fingerprint density at radius 2 is 2.09 bits per heavy atom. The lowest BCUT2D eigenvalue weighted by Gasteiger charge is -2.11. The highest BCUT2D eigenvalue weighted by molar-refractivity contribution is 9.10. The molecule has 0 saturated heterocycles. The van der Waals surface area contributed by atoms with E-state index in [0.29, 0.717) is 16.5 Å². The van der Waals surface area contributed by atoms with Crippen LogP contribution in [0.25, 0.3) is 0 Å². The van der Waals surface area contributed by atoms with Crippen LogP contribution in [0.15, 0.2) is 46.9 Å². The third kappa shape index (κ3) is 5.82. The summed E-state index contributed by atoms with van der Waals surface area (Å²) in [6.45, 7) is 1.83. The summed E-state index contributed by atoms with van der Waals surface area (Å²) in [7, 11) is 0. The van der Waals surface area contributed by atoms with E-state index < -0.39 is 0 Å². The van der Waals surface area contributed by atoms with Gasteiger partial charge < -0.3 is 10.1 Å². The Morgan fingerprint density at radius 3 is 2.78 bits per heavy atom. The predicted octanol–water partition coefficient (Wildman–Crippen LogP) is 4.30. The molecule has 0 saturated carbocycles. The number of amides is 1. The number of hydrogen-bond acceptors (Lipinski definition) is 3. The molecule has 2 aromatic carbocycles. The van der Waals surface area contributed by atoms with Crippen molar-refractivity contribution in [1.29, 1.82) is 0 Å². The van der Waals surface area contributed by atoms with E-state index in [4.69, 9.17) is 28.6 Å². The molecule has 4 nitrogen and oxygen atoms in total. The van der Waals surface area contributed by atoms with Crippen LogP contribution in [0.1, 0.15) is 5.56 Å². The van der Waals surface area contributed by atoms with E-state index >= 15 is 0 Å². The maximum Gasteiger partial charge on any atom is 0.264 e. The zero-order valence-corrected chi connectivity index (χ0v) is 15.4. The number of nitrogens with one attached hydrogen (secondary N) is 2. The van der Waals surface area contributed by atoms with Crippen molar-refractivity contribution < 1.29 is 9.53 Å². The Labute approximate surface area is 153 Å². The molecule has 120 valence electrons. The largest absolute Gasteiger partial charge is 0.483 e. The number of carbonyl (C=O) groups excluding carboxylic acids is 1. The molecule has 1 amide bonds. The van der Waals surface area contributed by atoms with Crippen molar-refractivity contribution >= 4 is 56.5 Å². The fraction of sp³-hybridized carbons (Fsp3) is 0.125. The third-order valence-electron chi connectivity index (χ3n) is 2.78. The zero-order chi connectivity index (χ0) is 16.8. The van der Waals surface area contributed by atoms with Gasteiger partial charge in [-0.25, -0.2) is 0 Å². The lowest BCUT2D eigenvalue weighted by atomic mass is 10.2. The van der Waals surface area contributed by atoms with Crippen LogP contribution in [0.5, 0.6) is 5.75 Å². The van der Waals surface area contributed by atoms with Gasteiger partial charge in [-0.15, -0.1) is 0 Å². The van der Waals surface area contributed by atoms with Gasteiger partial charge in [0.1, 0.15) is 5.75 Å². The van der Waals surface area contributed by atoms with E-state index in [-0.39, 0.29) is 17.6 Å². The molecule has 0 spiro atoms. The molecular formula is C16H14BrClN2O2S. The maximum absolute atomic E-state index is 11.9. The molecule has 7 heteroatoms. The van der Waals surface area contributed by atoms with Crippen LogP contribution >= 0.6 is 39.7 Å². The van der Waals surface area contributed by atoms with Crippen molar-refractivity contribution in [2.75, 3.05) is 11.9 Å². The number of rotatable bonds is 4. The van der Waals surface area contributed by atoms with Crippen molar-refractivity contribution in [3.05, 3.63) is 57.5 Å². The minimum Gasteiger partial charge on any atom is -0.483 e. The molecule has 0 radical (unpaired) electrons. The Morgan fingerprint density at radius 1 is 1.30 bits per heavy atom. The number of thiocarbonyl (C=S) groups is 1. The first kappa shape index (κ1) is 17.7. The summed E-state index contributed by atoms with van der Waals surface area (Å²) >= 11 is 14.4. The average molecular weight is 414 g/mol. The van der Waals surface area contributed by atoms with E-state index in [9.17, 15) is 4.79 Å². The smallest absolute Gasteiger partial charge is 0.264 e. The number of hydrogen-bond donors (Lipinski definition) is 2. The molecule has 2 aromatic rings. The normalized spacial score (nSPS) is 10.0. The summed E-state index contributed by atoms with van der Waals surface area (Å²) < 4.78 is 6.25. The van der Waals surface area contributed by atoms with Crippen LogP contribution in [0.4, 0.5) is 5.69 Å². The van der Waals surface area contributed by atoms with Gasteiger partial charge in [-0.3, -0.25) is 10.1 Å². The fourth-order valence-electron chi connectivity index (χ4n) is 1.76. The van der Waals surface area contributed by atoms with E-state index in [0.717, 1.165) is 10.0 Å². The molecule has 0 unspecified atom stereocenters. The van der Waals surface area contributed by atoms with Gasteiger partial charge in [0.15, 0.2) is 11.7 Å². The van der Waals surface area contributed by atoms with E-state index in [1.54, 1.807) is 30.3 Å². The van der Waals surface area contributed by atoms with E-state index in [1.165, 1.54) is 0 Å². The lowest BCUT2D eigenvalue weighted by molar-refractivity contribution is -0.121. The molecule has 0 aromatic heterocycles. The fourth-order valence-corrected chi connectivity index (χ4v) is 2.79. The number of anilines is 1. The van der Waals surface area contributed by atoms with E-state index in [2.05, 4.69) is 26.6 Å². The van der Waals surface area contributed by atoms with Gasteiger partial charge in [-0.05, 0) is 71.0 Å². The average Bonchev–Trinajstić information content (AvgIpc) is 2.46. The molecule has 0 fully saturated rings. The summed E-state index contributed by atoms with van der Waals surface area (Å²) in [5.41, 5.74) is 1.80. The Kier molecular flexibility index (Phi) is 6.38. The summed E-state index contributed by atoms with van der Waals surface area (Å²) in [6.07, 6.45) is 0. The summed E-state index contributed by atoms with van der Waals surface area (Å²) in [6, 6.07) is 12.7. The summed E-state index contributed by atoms with van der Waals surface area (Å²) in [5.74, 6) is 0.247. The van der Waals surface area contributed by atoms with Crippen molar-refractivity contribution in [1.82, 2.24) is 5.32 Å². The monoisotopic (exact) mass is 412 g/mol. The van der Waals surface area contributed by atoms with Crippen LogP contribution in [0.2, 0.25) is 5.02 Å². The maximum atomic E-state index is 11.9. The second-order valence-corrected chi connectivity index (χ2v) is 6.43. The van der Waals surface area contributed by atoms with Gasteiger partial charge in [0, 0.05) is 10.7 Å². The van der Waals surface area contributed by atoms with E-state index in [1.807, 2.05) is 19.1 Å². The first-order chi connectivity index (χ1) is 10.9. The minimum atomic E-state index is -0.350. The Hall–Kier alpha value is -1.63. The van der Waals surface area contributed by atoms with Gasteiger partial charge in [0.25, 0.3) is 5.91 Å². The molecule has 2 rings (SSSR count). The van der Waals surface area contributed by atoms with Gasteiger partial charge in [-0.1, -0.05) is 23.7 Å². The van der Waals surface area contributed by atoms with Crippen molar-refractivity contribution in [2.24, 2.45) is 0 Å². The van der Waals surface area contributed by atoms with Gasteiger partial charge >= 0.3 is 0 Å². The van der Waals surface area contributed by atoms with Gasteiger partial charge in [0.2, 0.25) is 0 Å². The molecule has 0 heterocycles. The first-order valence-corrected chi connectivity index (χ1v) is 8.27. The standard InChI is InChI=1S/C16H14BrClN2O2S/c1-10-5-6-14(13(17)7-10)22-9-15(21)20-16(23)19-12-4-2-3-11(18)8-12/h2-8H,9H2,1H3,(H2,19,20,21,23). The number of ether oxygens (including phenoxy) is 1. The van der Waals surface area contributed by atoms with Crippen LogP contribution in [-0.4, -0.2) is 17.6 Å². The molecule has 0 aliphatic rings. The molecule has 0 atom stereocenters. The highest BCUT2D eigenvalue weighted by Gasteiger charge is 2.08. The molecule has 0 bridgehead atoms. The number of halogens is 2. The van der Waals surface area contributed by atoms with Crippen LogP contribution < -0.4 is 15.4 Å². The molecule has 0 aliphatic heterocycles. The van der Waals surface area contributed by atoms with Crippen molar-refractivity contribution in [3.8, 4) is 5.75 Å². The molecule has 2 N–H and O–H groups in total. The Bertz CT molecular complexity index is 740. The SMILES string of the molecule is Cc1ccc(OCC(=O)NC(=S)Nc2cccc(Cl)c2)c(Br)c1. The number of benzene rings is 2. The quantitative estimate of drug-likeness (QED) is 0.734. The van der Waals surface area contributed by atoms with Gasteiger partial charge in [-0.2, -0.15) is 0 Å². The summed E-state index contributed by atoms with van der Waals surface area (Å²) in [4.78, 5) is 11.9. The minimum absolute atomic E-state index is 0.140. The Balaban J connectivity index is 1.83.